The van der Waals surface area contributed by atoms with Crippen molar-refractivity contribution in [1.29, 1.82) is 0 Å². The lowest BCUT2D eigenvalue weighted by molar-refractivity contribution is 0.00837. The third kappa shape index (κ3) is 3.46. The predicted molar refractivity (Wildman–Crippen MR) is 104 cm³/mol. The van der Waals surface area contributed by atoms with E-state index in [0.717, 1.165) is 37.8 Å². The van der Waals surface area contributed by atoms with E-state index in [-0.39, 0.29) is 41.0 Å². The minimum Gasteiger partial charge on any atom is -0.393 e. The summed E-state index contributed by atoms with van der Waals surface area (Å²) in [4.78, 5) is 0. The molecule has 1 aromatic heterocycles. The third-order valence-corrected chi connectivity index (χ3v) is 6.61. The lowest BCUT2D eigenvalue weighted by Gasteiger charge is -2.27. The van der Waals surface area contributed by atoms with Gasteiger partial charge in [0.15, 0.2) is 5.82 Å². The van der Waals surface area contributed by atoms with Crippen LogP contribution in [0.25, 0.3) is 11.3 Å². The Morgan fingerprint density at radius 2 is 1.67 bits per heavy atom. The first kappa shape index (κ1) is 19.8. The number of hydrogen-bond donors (Lipinski definition) is 2. The van der Waals surface area contributed by atoms with Crippen molar-refractivity contribution in [1.82, 2.24) is 10.2 Å². The number of aliphatic hydroxyl groups is 1. The van der Waals surface area contributed by atoms with E-state index in [1.165, 1.54) is 6.42 Å². The van der Waals surface area contributed by atoms with Gasteiger partial charge in [0, 0.05) is 12.0 Å². The molecule has 0 atom stereocenters. The van der Waals surface area contributed by atoms with Crippen molar-refractivity contribution in [3.63, 3.8) is 0 Å². The molecule has 3 aliphatic carbocycles. The van der Waals surface area contributed by atoms with Gasteiger partial charge in [0.05, 0.1) is 23.9 Å². The Morgan fingerprint density at radius 1 is 1.03 bits per heavy atom. The topological polar surface area (TPSA) is 81.3 Å². The van der Waals surface area contributed by atoms with E-state index in [1.54, 1.807) is 0 Å². The molecule has 0 unspecified atom stereocenters. The van der Waals surface area contributed by atoms with Crippen LogP contribution in [-0.4, -0.2) is 27.0 Å². The van der Waals surface area contributed by atoms with Crippen LogP contribution in [0.2, 0.25) is 0 Å². The Bertz CT molecular complexity index is 978. The monoisotopic (exact) mass is 419 g/mol. The molecule has 2 aromatic rings. The number of aliphatic hydroxyl groups excluding tert-OH is 1. The van der Waals surface area contributed by atoms with Gasteiger partial charge in [-0.15, -0.1) is 10.2 Å². The van der Waals surface area contributed by atoms with Crippen LogP contribution in [0.15, 0.2) is 12.1 Å². The van der Waals surface area contributed by atoms with E-state index in [4.69, 9.17) is 15.6 Å². The number of ether oxygens (including phenoxy) is 1. The van der Waals surface area contributed by atoms with Crippen LogP contribution in [0.3, 0.4) is 0 Å². The van der Waals surface area contributed by atoms with Gasteiger partial charge in [0.25, 0.3) is 0 Å². The Morgan fingerprint density at radius 3 is 2.17 bits per heavy atom. The standard InChI is InChI=1S/C18H16F3N3O.C4H8O/c19-12-5-9(18(21)3-4-18)6-13(20)14(12)15-10-7-17(1-2-17)25-8-11(10)16(22)24-23-15;5-4-2-1-3-4/h5-6H,1-4,7-8H2,(H2,22,24);4-5H,1-3H2. The van der Waals surface area contributed by atoms with Gasteiger partial charge in [-0.05, 0) is 68.2 Å². The lowest BCUT2D eigenvalue weighted by Crippen LogP contribution is -2.26. The van der Waals surface area contributed by atoms with Crippen LogP contribution in [0, 0.1) is 11.6 Å². The number of hydrogen-bond acceptors (Lipinski definition) is 5. The molecule has 4 aliphatic rings. The van der Waals surface area contributed by atoms with Crippen LogP contribution >= 0.6 is 0 Å². The number of rotatable bonds is 2. The maximum Gasteiger partial charge on any atom is 0.151 e. The zero-order chi connectivity index (χ0) is 21.1. The third-order valence-electron chi connectivity index (χ3n) is 6.61. The summed E-state index contributed by atoms with van der Waals surface area (Å²) in [6.07, 6.45) is 6.29. The number of nitrogens with zero attached hydrogens (tertiary/aromatic N) is 2. The normalized spacial score (nSPS) is 22.5. The SMILES string of the molecule is Nc1nnc(-c2c(F)cc(C3(F)CC3)cc2F)c2c1COC1(CC1)C2.OC1CCC1. The van der Waals surface area contributed by atoms with Crippen LogP contribution < -0.4 is 5.73 Å². The van der Waals surface area contributed by atoms with Gasteiger partial charge in [-0.1, -0.05) is 0 Å². The molecule has 1 spiro atoms. The number of anilines is 1. The average Bonchev–Trinajstić information content (AvgIpc) is 3.61. The number of aromatic nitrogens is 2. The molecule has 0 saturated heterocycles. The van der Waals surface area contributed by atoms with E-state index < -0.39 is 17.3 Å². The number of benzene rings is 1. The highest BCUT2D eigenvalue weighted by Gasteiger charge is 2.49. The van der Waals surface area contributed by atoms with Crippen molar-refractivity contribution >= 4 is 5.82 Å². The fourth-order valence-electron chi connectivity index (χ4n) is 3.98. The van der Waals surface area contributed by atoms with Crippen LogP contribution in [0.5, 0.6) is 0 Å². The number of nitrogen functional groups attached to an aromatic ring is 1. The summed E-state index contributed by atoms with van der Waals surface area (Å²) in [6, 6.07) is 2.14. The van der Waals surface area contributed by atoms with Crippen molar-refractivity contribution in [2.75, 3.05) is 5.73 Å². The highest BCUT2D eigenvalue weighted by Crippen LogP contribution is 2.51. The highest BCUT2D eigenvalue weighted by atomic mass is 19.1. The first-order valence-corrected chi connectivity index (χ1v) is 10.4. The Hall–Kier alpha value is -2.19. The molecule has 0 amide bonds. The predicted octanol–water partition coefficient (Wildman–Crippen LogP) is 4.10. The molecule has 3 fully saturated rings. The second kappa shape index (κ2) is 6.92. The molecule has 3 N–H and O–H groups in total. The molecule has 8 heteroatoms. The molecule has 2 heterocycles. The largest absolute Gasteiger partial charge is 0.393 e. The maximum absolute atomic E-state index is 14.7. The summed E-state index contributed by atoms with van der Waals surface area (Å²) in [5.41, 5.74) is 5.25. The van der Waals surface area contributed by atoms with Gasteiger partial charge < -0.3 is 15.6 Å². The van der Waals surface area contributed by atoms with Gasteiger partial charge in [0.2, 0.25) is 0 Å². The zero-order valence-corrected chi connectivity index (χ0v) is 16.6. The molecule has 30 heavy (non-hydrogen) atoms. The van der Waals surface area contributed by atoms with Gasteiger partial charge >= 0.3 is 0 Å². The maximum atomic E-state index is 14.7. The quantitative estimate of drug-likeness (QED) is 0.766. The van der Waals surface area contributed by atoms with Gasteiger partial charge in [-0.3, -0.25) is 0 Å². The second-order valence-corrected chi connectivity index (χ2v) is 8.90. The highest BCUT2D eigenvalue weighted by molar-refractivity contribution is 5.69. The van der Waals surface area contributed by atoms with Crippen LogP contribution in [0.1, 0.15) is 61.6 Å². The summed E-state index contributed by atoms with van der Waals surface area (Å²) < 4.78 is 49.4. The average molecular weight is 419 g/mol. The van der Waals surface area contributed by atoms with Gasteiger partial charge in [0.1, 0.15) is 23.0 Å². The number of fused-ring (bicyclic) bond motifs is 1. The van der Waals surface area contributed by atoms with Crippen molar-refractivity contribution in [2.24, 2.45) is 0 Å². The molecular weight excluding hydrogens is 395 g/mol. The Kier molecular flexibility index (Phi) is 4.56. The van der Waals surface area contributed by atoms with E-state index in [9.17, 15) is 13.2 Å². The molecule has 1 aromatic carbocycles. The minimum atomic E-state index is -1.60. The molecule has 3 saturated carbocycles. The lowest BCUT2D eigenvalue weighted by atomic mass is 9.92. The fourth-order valence-corrected chi connectivity index (χ4v) is 3.98. The van der Waals surface area contributed by atoms with Crippen molar-refractivity contribution in [3.8, 4) is 11.3 Å². The molecule has 0 bridgehead atoms. The van der Waals surface area contributed by atoms with Gasteiger partial charge in [-0.25, -0.2) is 13.2 Å². The molecule has 6 rings (SSSR count). The summed E-state index contributed by atoms with van der Waals surface area (Å²) in [7, 11) is 0. The van der Waals surface area contributed by atoms with Crippen LogP contribution in [-0.2, 0) is 23.4 Å². The Labute approximate surface area is 172 Å². The summed E-state index contributed by atoms with van der Waals surface area (Å²) in [6.45, 7) is 0.262. The molecule has 0 radical (unpaired) electrons. The number of halogens is 3. The Balaban J connectivity index is 0.000000340. The number of nitrogens with two attached hydrogens (primary N) is 1. The van der Waals surface area contributed by atoms with Gasteiger partial charge in [-0.2, -0.15) is 0 Å². The van der Waals surface area contributed by atoms with E-state index in [1.807, 2.05) is 0 Å². The van der Waals surface area contributed by atoms with Crippen molar-refractivity contribution < 1.29 is 23.0 Å². The molecule has 1 aliphatic heterocycles. The summed E-state index contributed by atoms with van der Waals surface area (Å²) in [5.74, 6) is -1.43. The zero-order valence-electron chi connectivity index (χ0n) is 16.6. The first-order valence-electron chi connectivity index (χ1n) is 10.4. The smallest absolute Gasteiger partial charge is 0.151 e. The van der Waals surface area contributed by atoms with Crippen molar-refractivity contribution in [2.45, 2.75) is 75.3 Å². The number of alkyl halides is 1. The molecule has 5 nitrogen and oxygen atoms in total. The second-order valence-electron chi connectivity index (χ2n) is 8.90. The van der Waals surface area contributed by atoms with E-state index in [0.29, 0.717) is 30.4 Å². The van der Waals surface area contributed by atoms with E-state index >= 15 is 0 Å². The summed E-state index contributed by atoms with van der Waals surface area (Å²) >= 11 is 0. The van der Waals surface area contributed by atoms with Crippen molar-refractivity contribution in [3.05, 3.63) is 40.5 Å². The minimum absolute atomic E-state index is 0.0468. The van der Waals surface area contributed by atoms with Crippen LogP contribution in [0.4, 0.5) is 19.0 Å². The molecule has 160 valence electrons. The summed E-state index contributed by atoms with van der Waals surface area (Å²) in [5, 5.41) is 16.3. The first-order chi connectivity index (χ1) is 14.3. The fraction of sp³-hybridized carbons (Fsp3) is 0.545. The van der Waals surface area contributed by atoms with E-state index in [2.05, 4.69) is 10.2 Å². The molecular formula is C22H24F3N3O2.